The van der Waals surface area contributed by atoms with Crippen LogP contribution in [0.5, 0.6) is 0 Å². The molecule has 0 fully saturated rings. The number of imide groups is 1. The summed E-state index contributed by atoms with van der Waals surface area (Å²) < 4.78 is 29.9. The maximum absolute atomic E-state index is 12.8. The van der Waals surface area contributed by atoms with Gasteiger partial charge in [0, 0.05) is 16.5 Å². The molecule has 0 bridgehead atoms. The molecule has 31 heavy (non-hydrogen) atoms. The molecule has 0 radical (unpaired) electrons. The topological polar surface area (TPSA) is 118 Å². The van der Waals surface area contributed by atoms with E-state index in [-0.39, 0.29) is 17.0 Å². The van der Waals surface area contributed by atoms with Crippen LogP contribution in [0, 0.1) is 6.92 Å². The molecule has 0 aliphatic carbocycles. The highest BCUT2D eigenvalue weighted by Gasteiger charge is 2.32. The molecular formula is C22H17NO7S. The Balaban J connectivity index is 1.54. The Morgan fingerprint density at radius 3 is 2.19 bits per heavy atom. The van der Waals surface area contributed by atoms with Gasteiger partial charge in [-0.3, -0.25) is 18.7 Å². The predicted octanol–water partition coefficient (Wildman–Crippen LogP) is 2.85. The Morgan fingerprint density at radius 2 is 1.61 bits per heavy atom. The highest BCUT2D eigenvalue weighted by molar-refractivity contribution is 7.86. The molecule has 0 spiro atoms. The number of carboxylic acids is 1. The first-order valence-corrected chi connectivity index (χ1v) is 10.7. The summed E-state index contributed by atoms with van der Waals surface area (Å²) in [5, 5.41) is 10.5. The maximum Gasteiger partial charge on any atom is 0.335 e. The van der Waals surface area contributed by atoms with Crippen molar-refractivity contribution >= 4 is 38.7 Å². The van der Waals surface area contributed by atoms with Crippen LogP contribution in [0.1, 0.15) is 36.6 Å². The molecule has 4 rings (SSSR count). The molecule has 3 aromatic carbocycles. The number of hydrogen-bond acceptors (Lipinski definition) is 6. The summed E-state index contributed by atoms with van der Waals surface area (Å²) in [5.74, 6) is -2.32. The second kappa shape index (κ2) is 7.60. The van der Waals surface area contributed by atoms with E-state index >= 15 is 0 Å². The van der Waals surface area contributed by atoms with Gasteiger partial charge in [-0.25, -0.2) is 4.79 Å². The molecule has 3 aromatic rings. The summed E-state index contributed by atoms with van der Waals surface area (Å²) >= 11 is 0. The van der Waals surface area contributed by atoms with Gasteiger partial charge >= 0.3 is 5.97 Å². The smallest absolute Gasteiger partial charge is 0.335 e. The van der Waals surface area contributed by atoms with Gasteiger partial charge in [0.25, 0.3) is 21.9 Å². The molecule has 8 nitrogen and oxygen atoms in total. The Labute approximate surface area is 177 Å². The monoisotopic (exact) mass is 439 g/mol. The molecule has 0 aromatic heterocycles. The number of nitrogens with zero attached hydrogens (tertiary/aromatic N) is 1. The van der Waals surface area contributed by atoms with Gasteiger partial charge in [0.1, 0.15) is 0 Å². The van der Waals surface area contributed by atoms with Crippen LogP contribution in [-0.4, -0.2) is 49.4 Å². The fourth-order valence-corrected chi connectivity index (χ4v) is 4.50. The third-order valence-electron chi connectivity index (χ3n) is 5.14. The van der Waals surface area contributed by atoms with Crippen molar-refractivity contribution in [2.45, 2.75) is 11.8 Å². The largest absolute Gasteiger partial charge is 0.478 e. The maximum atomic E-state index is 12.8. The molecule has 0 saturated carbocycles. The first-order valence-electron chi connectivity index (χ1n) is 9.32. The van der Waals surface area contributed by atoms with Crippen LogP contribution in [0.15, 0.2) is 59.5 Å². The van der Waals surface area contributed by atoms with Crippen molar-refractivity contribution in [3.63, 3.8) is 0 Å². The molecule has 9 heteroatoms. The Bertz CT molecular complexity index is 1310. The van der Waals surface area contributed by atoms with Crippen molar-refractivity contribution in [3.05, 3.63) is 76.9 Å². The summed E-state index contributed by atoms with van der Waals surface area (Å²) in [6, 6.07) is 13.9. The van der Waals surface area contributed by atoms with Gasteiger partial charge in [0.15, 0.2) is 0 Å². The van der Waals surface area contributed by atoms with Crippen LogP contribution in [0.2, 0.25) is 0 Å². The lowest BCUT2D eigenvalue weighted by atomic mass is 9.94. The van der Waals surface area contributed by atoms with E-state index in [1.807, 2.05) is 0 Å². The van der Waals surface area contributed by atoms with Crippen molar-refractivity contribution in [1.29, 1.82) is 0 Å². The van der Waals surface area contributed by atoms with Gasteiger partial charge in [-0.15, -0.1) is 0 Å². The number of carbonyl (C=O) groups excluding carboxylic acids is 2. The van der Waals surface area contributed by atoms with Crippen LogP contribution >= 0.6 is 0 Å². The van der Waals surface area contributed by atoms with Crippen molar-refractivity contribution in [1.82, 2.24) is 4.90 Å². The van der Waals surface area contributed by atoms with Gasteiger partial charge in [-0.05, 0) is 42.1 Å². The molecule has 1 aliphatic rings. The average molecular weight is 439 g/mol. The standard InChI is InChI=1S/C22H17NO7S/c1-13-8-9-15(12-18(13)22(26)27)31(28,29)30-11-10-23-20(24)16-6-2-4-14-5-3-7-17(19(14)16)21(23)25/h2-9,12H,10-11H2,1H3,(H,26,27). The van der Waals surface area contributed by atoms with Crippen molar-refractivity contribution in [3.8, 4) is 0 Å². The fraction of sp³-hybridized carbons (Fsp3) is 0.136. The highest BCUT2D eigenvalue weighted by Crippen LogP contribution is 2.30. The molecule has 0 atom stereocenters. The summed E-state index contributed by atoms with van der Waals surface area (Å²) in [5.41, 5.74) is 0.972. The first-order chi connectivity index (χ1) is 14.7. The third kappa shape index (κ3) is 3.58. The molecule has 1 aliphatic heterocycles. The normalized spacial score (nSPS) is 13.6. The predicted molar refractivity (Wildman–Crippen MR) is 111 cm³/mol. The number of carbonyl (C=O) groups is 3. The summed E-state index contributed by atoms with van der Waals surface area (Å²) in [7, 11) is -4.28. The SMILES string of the molecule is Cc1ccc(S(=O)(=O)OCCN2C(=O)c3cccc4cccc(c34)C2=O)cc1C(=O)O. The molecule has 2 amide bonds. The third-order valence-corrected chi connectivity index (χ3v) is 6.45. The second-order valence-electron chi connectivity index (χ2n) is 7.03. The lowest BCUT2D eigenvalue weighted by molar-refractivity contribution is 0.0586. The van der Waals surface area contributed by atoms with E-state index in [2.05, 4.69) is 0 Å². The lowest BCUT2D eigenvalue weighted by Crippen LogP contribution is -2.42. The zero-order chi connectivity index (χ0) is 22.3. The summed E-state index contributed by atoms with van der Waals surface area (Å²) in [6.45, 7) is 0.806. The van der Waals surface area contributed by atoms with E-state index in [4.69, 9.17) is 4.18 Å². The molecule has 0 saturated heterocycles. The van der Waals surface area contributed by atoms with E-state index in [1.165, 1.54) is 12.1 Å². The molecule has 0 unspecified atom stereocenters. The number of amides is 2. The van der Waals surface area contributed by atoms with E-state index in [1.54, 1.807) is 43.3 Å². The minimum Gasteiger partial charge on any atom is -0.478 e. The quantitative estimate of drug-likeness (QED) is 0.463. The molecule has 1 heterocycles. The molecule has 158 valence electrons. The Kier molecular flexibility index (Phi) is 5.08. The zero-order valence-electron chi connectivity index (χ0n) is 16.4. The average Bonchev–Trinajstić information content (AvgIpc) is 2.74. The van der Waals surface area contributed by atoms with E-state index in [9.17, 15) is 27.9 Å². The number of aryl methyl sites for hydroxylation is 1. The van der Waals surface area contributed by atoms with Gasteiger partial charge in [0.2, 0.25) is 0 Å². The van der Waals surface area contributed by atoms with Crippen LogP contribution in [0.3, 0.4) is 0 Å². The first kappa shape index (κ1) is 20.7. The minimum atomic E-state index is -4.28. The van der Waals surface area contributed by atoms with Crippen molar-refractivity contribution < 1.29 is 32.1 Å². The van der Waals surface area contributed by atoms with Gasteiger partial charge in [0.05, 0.1) is 23.6 Å². The zero-order valence-corrected chi connectivity index (χ0v) is 17.2. The van der Waals surface area contributed by atoms with Crippen LogP contribution in [-0.2, 0) is 14.3 Å². The Hall–Kier alpha value is -3.56. The van der Waals surface area contributed by atoms with Crippen molar-refractivity contribution in [2.24, 2.45) is 0 Å². The summed E-state index contributed by atoms with van der Waals surface area (Å²) in [4.78, 5) is 37.5. The highest BCUT2D eigenvalue weighted by atomic mass is 32.2. The number of rotatable bonds is 6. The van der Waals surface area contributed by atoms with Gasteiger partial charge in [-0.1, -0.05) is 30.3 Å². The number of carboxylic acid groups (broad SMARTS) is 1. The van der Waals surface area contributed by atoms with E-state index in [0.29, 0.717) is 22.1 Å². The van der Waals surface area contributed by atoms with E-state index in [0.717, 1.165) is 16.4 Å². The number of benzene rings is 3. The molecule has 1 N–H and O–H groups in total. The minimum absolute atomic E-state index is 0.157. The second-order valence-corrected chi connectivity index (χ2v) is 8.64. The fourth-order valence-electron chi connectivity index (χ4n) is 3.58. The van der Waals surface area contributed by atoms with Crippen LogP contribution in [0.25, 0.3) is 10.8 Å². The van der Waals surface area contributed by atoms with Crippen molar-refractivity contribution in [2.75, 3.05) is 13.2 Å². The number of aromatic carboxylic acids is 1. The van der Waals surface area contributed by atoms with Gasteiger partial charge < -0.3 is 5.11 Å². The summed E-state index contributed by atoms with van der Waals surface area (Å²) in [6.07, 6.45) is 0. The number of hydrogen-bond donors (Lipinski definition) is 1. The van der Waals surface area contributed by atoms with Gasteiger partial charge in [-0.2, -0.15) is 8.42 Å². The van der Waals surface area contributed by atoms with Crippen LogP contribution in [0.4, 0.5) is 0 Å². The Morgan fingerprint density at radius 1 is 1.00 bits per heavy atom. The van der Waals surface area contributed by atoms with E-state index < -0.39 is 34.5 Å². The lowest BCUT2D eigenvalue weighted by Gasteiger charge is -2.26. The molecular weight excluding hydrogens is 422 g/mol. The van der Waals surface area contributed by atoms with Crippen LogP contribution < -0.4 is 0 Å².